The van der Waals surface area contributed by atoms with Gasteiger partial charge in [0.1, 0.15) is 5.75 Å². The fourth-order valence-electron chi connectivity index (χ4n) is 2.62. The highest BCUT2D eigenvalue weighted by molar-refractivity contribution is 7.80. The summed E-state index contributed by atoms with van der Waals surface area (Å²) in [6, 6.07) is 14.5. The molecule has 0 saturated heterocycles. The van der Waals surface area contributed by atoms with Crippen molar-refractivity contribution in [2.75, 3.05) is 12.4 Å². The number of methoxy groups -OCH3 is 1. The summed E-state index contributed by atoms with van der Waals surface area (Å²) < 4.78 is 5.16. The van der Waals surface area contributed by atoms with Gasteiger partial charge in [-0.2, -0.15) is 0 Å². The van der Waals surface area contributed by atoms with E-state index < -0.39 is 0 Å². The normalized spacial score (nSPS) is 11.7. The second-order valence-corrected chi connectivity index (χ2v) is 6.06. The Balaban J connectivity index is 2.04. The third-order valence-corrected chi connectivity index (χ3v) is 4.08. The van der Waals surface area contributed by atoms with Crippen LogP contribution in [-0.4, -0.2) is 12.2 Å². The molecule has 4 heteroatoms. The van der Waals surface area contributed by atoms with Crippen LogP contribution in [0.4, 0.5) is 5.69 Å². The Kier molecular flexibility index (Phi) is 5.99. The van der Waals surface area contributed by atoms with Crippen molar-refractivity contribution < 1.29 is 4.74 Å². The van der Waals surface area contributed by atoms with Crippen molar-refractivity contribution in [1.82, 2.24) is 5.32 Å². The van der Waals surface area contributed by atoms with Gasteiger partial charge in [-0.1, -0.05) is 30.7 Å². The zero-order chi connectivity index (χ0) is 16.8. The van der Waals surface area contributed by atoms with E-state index in [1.54, 1.807) is 7.11 Å². The quantitative estimate of drug-likeness (QED) is 0.776. The highest BCUT2D eigenvalue weighted by Crippen LogP contribution is 2.22. The van der Waals surface area contributed by atoms with Crippen molar-refractivity contribution in [2.24, 2.45) is 0 Å². The fraction of sp³-hybridized carbons (Fsp3) is 0.316. The summed E-state index contributed by atoms with van der Waals surface area (Å²) in [4.78, 5) is 0. The molecule has 0 saturated carbocycles. The molecule has 1 unspecified atom stereocenters. The van der Waals surface area contributed by atoms with Gasteiger partial charge in [0.25, 0.3) is 0 Å². The smallest absolute Gasteiger partial charge is 0.171 e. The average molecular weight is 328 g/mol. The molecule has 122 valence electrons. The standard InChI is InChI=1S/C19H24N2OS/c1-5-18(17-11-6-13(2)12-14(17)3)21-19(23)20-15-7-9-16(22-4)10-8-15/h6-12,18H,5H2,1-4H3,(H2,20,21,23). The van der Waals surface area contributed by atoms with E-state index in [4.69, 9.17) is 17.0 Å². The maximum absolute atomic E-state index is 5.46. The van der Waals surface area contributed by atoms with Crippen LogP contribution >= 0.6 is 12.2 Å². The summed E-state index contributed by atoms with van der Waals surface area (Å²) >= 11 is 5.46. The maximum Gasteiger partial charge on any atom is 0.171 e. The van der Waals surface area contributed by atoms with E-state index in [0.717, 1.165) is 17.9 Å². The van der Waals surface area contributed by atoms with Crippen LogP contribution in [0.1, 0.15) is 36.1 Å². The van der Waals surface area contributed by atoms with Crippen LogP contribution in [0, 0.1) is 13.8 Å². The molecule has 1 atom stereocenters. The minimum absolute atomic E-state index is 0.203. The van der Waals surface area contributed by atoms with E-state index in [-0.39, 0.29) is 6.04 Å². The van der Waals surface area contributed by atoms with Crippen LogP contribution in [0.2, 0.25) is 0 Å². The average Bonchev–Trinajstić information content (AvgIpc) is 2.54. The van der Waals surface area contributed by atoms with Crippen molar-refractivity contribution in [3.05, 3.63) is 59.2 Å². The van der Waals surface area contributed by atoms with Crippen molar-refractivity contribution in [3.8, 4) is 5.75 Å². The molecule has 0 radical (unpaired) electrons. The third-order valence-electron chi connectivity index (χ3n) is 3.86. The molecule has 0 amide bonds. The van der Waals surface area contributed by atoms with Crippen LogP contribution in [0.15, 0.2) is 42.5 Å². The van der Waals surface area contributed by atoms with E-state index in [1.165, 1.54) is 16.7 Å². The molecule has 2 rings (SSSR count). The zero-order valence-corrected chi connectivity index (χ0v) is 15.0. The van der Waals surface area contributed by atoms with Crippen LogP contribution in [0.25, 0.3) is 0 Å². The Morgan fingerprint density at radius 1 is 1.13 bits per heavy atom. The summed E-state index contributed by atoms with van der Waals surface area (Å²) in [6.07, 6.45) is 0.967. The van der Waals surface area contributed by atoms with E-state index in [0.29, 0.717) is 5.11 Å². The Bertz CT molecular complexity index is 668. The van der Waals surface area contributed by atoms with Gasteiger partial charge in [0, 0.05) is 5.69 Å². The topological polar surface area (TPSA) is 33.3 Å². The summed E-state index contributed by atoms with van der Waals surface area (Å²) in [7, 11) is 1.66. The molecule has 0 aliphatic carbocycles. The number of hydrogen-bond donors (Lipinski definition) is 2. The molecular weight excluding hydrogens is 304 g/mol. The predicted molar refractivity (Wildman–Crippen MR) is 101 cm³/mol. The van der Waals surface area contributed by atoms with Crippen molar-refractivity contribution in [1.29, 1.82) is 0 Å². The number of nitrogens with one attached hydrogen (secondary N) is 2. The van der Waals surface area contributed by atoms with Crippen molar-refractivity contribution in [3.63, 3.8) is 0 Å². The lowest BCUT2D eigenvalue weighted by atomic mass is 9.98. The molecule has 23 heavy (non-hydrogen) atoms. The Labute approximate surface area is 144 Å². The molecule has 2 aromatic rings. The van der Waals surface area contributed by atoms with Gasteiger partial charge >= 0.3 is 0 Å². The molecule has 0 bridgehead atoms. The molecule has 0 aliphatic rings. The van der Waals surface area contributed by atoms with Gasteiger partial charge in [-0.3, -0.25) is 0 Å². The van der Waals surface area contributed by atoms with Gasteiger partial charge in [0.2, 0.25) is 0 Å². The fourth-order valence-corrected chi connectivity index (χ4v) is 2.88. The summed E-state index contributed by atoms with van der Waals surface area (Å²) in [6.45, 7) is 6.42. The second kappa shape index (κ2) is 7.97. The number of rotatable bonds is 5. The van der Waals surface area contributed by atoms with E-state index >= 15 is 0 Å². The lowest BCUT2D eigenvalue weighted by Crippen LogP contribution is -2.32. The number of ether oxygens (including phenoxy) is 1. The maximum atomic E-state index is 5.46. The first kappa shape index (κ1) is 17.3. The van der Waals surface area contributed by atoms with Gasteiger partial charge < -0.3 is 15.4 Å². The second-order valence-electron chi connectivity index (χ2n) is 5.65. The Morgan fingerprint density at radius 2 is 1.83 bits per heavy atom. The number of thiocarbonyl (C=S) groups is 1. The Morgan fingerprint density at radius 3 is 2.39 bits per heavy atom. The minimum atomic E-state index is 0.203. The first-order valence-electron chi connectivity index (χ1n) is 7.82. The van der Waals surface area contributed by atoms with Gasteiger partial charge in [0.15, 0.2) is 5.11 Å². The molecule has 0 spiro atoms. The van der Waals surface area contributed by atoms with Crippen LogP contribution in [0.3, 0.4) is 0 Å². The predicted octanol–water partition coefficient (Wildman–Crippen LogP) is 4.75. The lowest BCUT2D eigenvalue weighted by Gasteiger charge is -2.22. The summed E-state index contributed by atoms with van der Waals surface area (Å²) in [5.74, 6) is 0.830. The SMILES string of the molecule is CCC(NC(=S)Nc1ccc(OC)cc1)c1ccc(C)cc1C. The van der Waals surface area contributed by atoms with E-state index in [2.05, 4.69) is 49.6 Å². The van der Waals surface area contributed by atoms with Crippen LogP contribution in [0.5, 0.6) is 5.75 Å². The monoisotopic (exact) mass is 328 g/mol. The molecule has 2 N–H and O–H groups in total. The molecule has 0 heterocycles. The highest BCUT2D eigenvalue weighted by Gasteiger charge is 2.13. The molecule has 2 aromatic carbocycles. The largest absolute Gasteiger partial charge is 0.497 e. The molecule has 0 aromatic heterocycles. The van der Waals surface area contributed by atoms with E-state index in [1.807, 2.05) is 24.3 Å². The van der Waals surface area contributed by atoms with Gasteiger partial charge in [0.05, 0.1) is 13.2 Å². The van der Waals surface area contributed by atoms with E-state index in [9.17, 15) is 0 Å². The molecule has 0 aliphatic heterocycles. The zero-order valence-electron chi connectivity index (χ0n) is 14.1. The number of anilines is 1. The summed E-state index contributed by atoms with van der Waals surface area (Å²) in [5, 5.41) is 7.26. The van der Waals surface area contributed by atoms with Crippen molar-refractivity contribution >= 4 is 23.0 Å². The molecular formula is C19H24N2OS. The van der Waals surface area contributed by atoms with Crippen LogP contribution in [-0.2, 0) is 0 Å². The van der Waals surface area contributed by atoms with Gasteiger partial charge in [-0.25, -0.2) is 0 Å². The first-order valence-corrected chi connectivity index (χ1v) is 8.23. The Hall–Kier alpha value is -2.07. The first-order chi connectivity index (χ1) is 11.0. The van der Waals surface area contributed by atoms with Gasteiger partial charge in [-0.05, 0) is 67.9 Å². The molecule has 0 fully saturated rings. The van der Waals surface area contributed by atoms with Gasteiger partial charge in [-0.15, -0.1) is 0 Å². The minimum Gasteiger partial charge on any atom is -0.497 e. The third kappa shape index (κ3) is 4.70. The number of benzene rings is 2. The number of hydrogen-bond acceptors (Lipinski definition) is 2. The lowest BCUT2D eigenvalue weighted by molar-refractivity contribution is 0.415. The number of aryl methyl sites for hydroxylation is 2. The highest BCUT2D eigenvalue weighted by atomic mass is 32.1. The molecule has 3 nitrogen and oxygen atoms in total. The summed E-state index contributed by atoms with van der Waals surface area (Å²) in [5.41, 5.74) is 4.80. The van der Waals surface area contributed by atoms with Crippen LogP contribution < -0.4 is 15.4 Å². The van der Waals surface area contributed by atoms with Crippen molar-refractivity contribution in [2.45, 2.75) is 33.2 Å².